The van der Waals surface area contributed by atoms with Crippen molar-refractivity contribution >= 4 is 0 Å². The Bertz CT molecular complexity index is 257. The molecule has 2 fully saturated rings. The Balaban J connectivity index is 1.87. The summed E-state index contributed by atoms with van der Waals surface area (Å²) in [7, 11) is 3.55. The lowest BCUT2D eigenvalue weighted by atomic mass is 9.88. The smallest absolute Gasteiger partial charge is 0.107 e. The zero-order valence-electron chi connectivity index (χ0n) is 14.0. The molecule has 0 aromatic carbocycles. The first-order valence-corrected chi connectivity index (χ1v) is 9.02. The first kappa shape index (κ1) is 17.2. The second-order valence-electron chi connectivity index (χ2n) is 6.84. The molecule has 1 unspecified atom stereocenters. The molecule has 0 N–H and O–H groups in total. The first-order chi connectivity index (χ1) is 10.3. The predicted molar refractivity (Wildman–Crippen MR) is 85.6 cm³/mol. The molecule has 3 heteroatoms. The molecule has 1 aliphatic carbocycles. The van der Waals surface area contributed by atoms with Gasteiger partial charge in [0.05, 0.1) is 18.8 Å². The quantitative estimate of drug-likeness (QED) is 0.773. The predicted octanol–water partition coefficient (Wildman–Crippen LogP) is 4.34. The third-order valence-electron chi connectivity index (χ3n) is 5.29. The fourth-order valence-corrected chi connectivity index (χ4v) is 4.00. The van der Waals surface area contributed by atoms with Gasteiger partial charge in [0.25, 0.3) is 0 Å². The summed E-state index contributed by atoms with van der Waals surface area (Å²) < 4.78 is 17.2. The van der Waals surface area contributed by atoms with Crippen molar-refractivity contribution in [1.29, 1.82) is 0 Å². The van der Waals surface area contributed by atoms with Gasteiger partial charge in [-0.1, -0.05) is 51.4 Å². The monoisotopic (exact) mass is 298 g/mol. The Morgan fingerprint density at radius 2 is 1.43 bits per heavy atom. The lowest BCUT2D eigenvalue weighted by molar-refractivity contribution is -0.0574. The molecule has 3 atom stereocenters. The molecular weight excluding hydrogens is 264 g/mol. The molecule has 0 amide bonds. The molecule has 1 saturated heterocycles. The van der Waals surface area contributed by atoms with Gasteiger partial charge < -0.3 is 14.2 Å². The summed E-state index contributed by atoms with van der Waals surface area (Å²) in [6, 6.07) is 0. The summed E-state index contributed by atoms with van der Waals surface area (Å²) in [6.45, 7) is 0.654. The average Bonchev–Trinajstić information content (AvgIpc) is 2.86. The number of hydrogen-bond donors (Lipinski definition) is 0. The fraction of sp³-hybridized carbons (Fsp3) is 1.00. The molecule has 21 heavy (non-hydrogen) atoms. The van der Waals surface area contributed by atoms with Gasteiger partial charge in [-0.3, -0.25) is 0 Å². The molecule has 3 nitrogen and oxygen atoms in total. The number of rotatable bonds is 4. The molecule has 0 aromatic heterocycles. The van der Waals surface area contributed by atoms with Crippen molar-refractivity contribution in [2.24, 2.45) is 5.92 Å². The highest BCUT2D eigenvalue weighted by atomic mass is 16.6. The standard InChI is InChI=1S/C18H34O3/c1-19-14-18-17(20-2)13-16(21-18)15-11-9-7-5-3-4-6-8-10-12-15/h15-18H,3-14H2,1-2H3/t16-,17?,18-/m1/s1. The Morgan fingerprint density at radius 1 is 0.857 bits per heavy atom. The van der Waals surface area contributed by atoms with E-state index in [-0.39, 0.29) is 12.2 Å². The third-order valence-corrected chi connectivity index (χ3v) is 5.29. The summed E-state index contributed by atoms with van der Waals surface area (Å²) in [5, 5.41) is 0. The minimum Gasteiger partial charge on any atom is -0.382 e. The van der Waals surface area contributed by atoms with Crippen LogP contribution in [-0.2, 0) is 14.2 Å². The number of methoxy groups -OCH3 is 2. The van der Waals surface area contributed by atoms with Crippen molar-refractivity contribution in [3.8, 4) is 0 Å². The van der Waals surface area contributed by atoms with Gasteiger partial charge >= 0.3 is 0 Å². The van der Waals surface area contributed by atoms with E-state index < -0.39 is 0 Å². The Hall–Kier alpha value is -0.120. The SMILES string of the molecule is COC[C@H]1O[C@@H](C2CCCCCCCCCC2)CC1OC. The van der Waals surface area contributed by atoms with E-state index in [0.717, 1.165) is 12.3 Å². The summed E-state index contributed by atoms with van der Waals surface area (Å²) in [5.41, 5.74) is 0. The van der Waals surface area contributed by atoms with E-state index in [1.54, 1.807) is 14.2 Å². The van der Waals surface area contributed by atoms with E-state index in [0.29, 0.717) is 12.7 Å². The topological polar surface area (TPSA) is 27.7 Å². The zero-order valence-corrected chi connectivity index (χ0v) is 14.0. The van der Waals surface area contributed by atoms with E-state index in [9.17, 15) is 0 Å². The second kappa shape index (κ2) is 9.81. The van der Waals surface area contributed by atoms with Gasteiger partial charge in [-0.25, -0.2) is 0 Å². The molecule has 0 radical (unpaired) electrons. The molecule has 2 aliphatic rings. The summed E-state index contributed by atoms with van der Waals surface area (Å²) in [6.07, 6.45) is 15.7. The molecule has 124 valence electrons. The largest absolute Gasteiger partial charge is 0.382 e. The molecule has 1 aliphatic heterocycles. The van der Waals surface area contributed by atoms with Crippen LogP contribution in [0, 0.1) is 5.92 Å². The lowest BCUT2D eigenvalue weighted by Gasteiger charge is -2.23. The maximum atomic E-state index is 6.29. The van der Waals surface area contributed by atoms with Gasteiger partial charge in [0.1, 0.15) is 6.10 Å². The summed E-state index contributed by atoms with van der Waals surface area (Å²) >= 11 is 0. The average molecular weight is 298 g/mol. The Labute approximate surface area is 130 Å². The van der Waals surface area contributed by atoms with Gasteiger partial charge in [-0.2, -0.15) is 0 Å². The summed E-state index contributed by atoms with van der Waals surface area (Å²) in [4.78, 5) is 0. The highest BCUT2D eigenvalue weighted by molar-refractivity contribution is 4.87. The molecule has 1 heterocycles. The van der Waals surface area contributed by atoms with Crippen LogP contribution < -0.4 is 0 Å². The highest BCUT2D eigenvalue weighted by Gasteiger charge is 2.38. The van der Waals surface area contributed by atoms with Crippen LogP contribution in [0.5, 0.6) is 0 Å². The van der Waals surface area contributed by atoms with E-state index in [2.05, 4.69) is 0 Å². The third kappa shape index (κ3) is 5.54. The molecule has 0 spiro atoms. The normalized spacial score (nSPS) is 33.7. The number of hydrogen-bond acceptors (Lipinski definition) is 3. The van der Waals surface area contributed by atoms with Crippen molar-refractivity contribution in [3.63, 3.8) is 0 Å². The maximum absolute atomic E-state index is 6.29. The molecule has 1 saturated carbocycles. The Morgan fingerprint density at radius 3 is 1.95 bits per heavy atom. The molecule has 0 aromatic rings. The van der Waals surface area contributed by atoms with Crippen LogP contribution in [0.2, 0.25) is 0 Å². The van der Waals surface area contributed by atoms with E-state index in [1.165, 1.54) is 64.2 Å². The molecule has 0 bridgehead atoms. The maximum Gasteiger partial charge on any atom is 0.107 e. The second-order valence-corrected chi connectivity index (χ2v) is 6.84. The van der Waals surface area contributed by atoms with Crippen molar-refractivity contribution in [2.75, 3.05) is 20.8 Å². The van der Waals surface area contributed by atoms with E-state index >= 15 is 0 Å². The van der Waals surface area contributed by atoms with Gasteiger partial charge in [0.2, 0.25) is 0 Å². The molecular formula is C18H34O3. The Kier molecular flexibility index (Phi) is 8.05. The minimum atomic E-state index is 0.128. The zero-order chi connectivity index (χ0) is 14.9. The van der Waals surface area contributed by atoms with Gasteiger partial charge in [0.15, 0.2) is 0 Å². The van der Waals surface area contributed by atoms with Crippen molar-refractivity contribution in [3.05, 3.63) is 0 Å². The van der Waals surface area contributed by atoms with Crippen LogP contribution >= 0.6 is 0 Å². The van der Waals surface area contributed by atoms with Gasteiger partial charge in [-0.15, -0.1) is 0 Å². The van der Waals surface area contributed by atoms with Crippen molar-refractivity contribution < 1.29 is 14.2 Å². The van der Waals surface area contributed by atoms with Crippen molar-refractivity contribution in [1.82, 2.24) is 0 Å². The van der Waals surface area contributed by atoms with E-state index in [1.807, 2.05) is 0 Å². The highest BCUT2D eigenvalue weighted by Crippen LogP contribution is 2.34. The summed E-state index contributed by atoms with van der Waals surface area (Å²) in [5.74, 6) is 0.725. The molecule has 2 rings (SSSR count). The van der Waals surface area contributed by atoms with Crippen LogP contribution in [0.3, 0.4) is 0 Å². The van der Waals surface area contributed by atoms with Crippen LogP contribution in [0.4, 0.5) is 0 Å². The van der Waals surface area contributed by atoms with Crippen molar-refractivity contribution in [2.45, 2.75) is 88.9 Å². The van der Waals surface area contributed by atoms with Crippen LogP contribution in [0.1, 0.15) is 70.6 Å². The van der Waals surface area contributed by atoms with E-state index in [4.69, 9.17) is 14.2 Å². The van der Waals surface area contributed by atoms with Crippen LogP contribution in [-0.4, -0.2) is 39.1 Å². The van der Waals surface area contributed by atoms with Crippen LogP contribution in [0.25, 0.3) is 0 Å². The minimum absolute atomic E-state index is 0.128. The fourth-order valence-electron chi connectivity index (χ4n) is 4.00. The van der Waals surface area contributed by atoms with Crippen LogP contribution in [0.15, 0.2) is 0 Å². The lowest BCUT2D eigenvalue weighted by Crippen LogP contribution is -2.28. The van der Waals surface area contributed by atoms with Gasteiger partial charge in [-0.05, 0) is 18.8 Å². The first-order valence-electron chi connectivity index (χ1n) is 9.02. The van der Waals surface area contributed by atoms with Gasteiger partial charge in [0, 0.05) is 20.6 Å². The number of ether oxygens (including phenoxy) is 3.